The summed E-state index contributed by atoms with van der Waals surface area (Å²) in [6.07, 6.45) is 6.05. The number of carbonyl (C=O) groups is 2. The van der Waals surface area contributed by atoms with Crippen LogP contribution >= 0.6 is 0 Å². The number of benzene rings is 2. The van der Waals surface area contributed by atoms with Gasteiger partial charge in [0.2, 0.25) is 0 Å². The SMILES string of the molecule is COc1ccc(OC)c([C@@H]2C(C(=O)OC3CCCCC3)=C(C)NC3=C2C(=O)C[C@H](c2ccccc2)C3)c1. The molecule has 0 spiro atoms. The Kier molecular flexibility index (Phi) is 7.36. The molecule has 0 bridgehead atoms. The molecule has 1 aliphatic heterocycles. The van der Waals surface area contributed by atoms with Crippen molar-refractivity contribution in [3.8, 4) is 11.5 Å². The van der Waals surface area contributed by atoms with Crippen LogP contribution in [0.5, 0.6) is 11.5 Å². The first-order valence-electron chi connectivity index (χ1n) is 13.2. The average molecular weight is 502 g/mol. The van der Waals surface area contributed by atoms with Gasteiger partial charge in [0, 0.05) is 29.0 Å². The molecule has 1 saturated carbocycles. The Hall–Kier alpha value is -3.54. The van der Waals surface area contributed by atoms with Gasteiger partial charge in [0.25, 0.3) is 0 Å². The highest BCUT2D eigenvalue weighted by Crippen LogP contribution is 2.48. The molecule has 0 aromatic heterocycles. The summed E-state index contributed by atoms with van der Waals surface area (Å²) in [5.41, 5.74) is 4.56. The number of ketones is 1. The molecule has 194 valence electrons. The molecule has 5 rings (SSSR count). The summed E-state index contributed by atoms with van der Waals surface area (Å²) in [5, 5.41) is 3.45. The zero-order valence-corrected chi connectivity index (χ0v) is 21.8. The summed E-state index contributed by atoms with van der Waals surface area (Å²) in [6, 6.07) is 15.7. The van der Waals surface area contributed by atoms with Gasteiger partial charge in [-0.1, -0.05) is 36.8 Å². The fourth-order valence-electron chi connectivity index (χ4n) is 6.04. The highest BCUT2D eigenvalue weighted by Gasteiger charge is 2.43. The smallest absolute Gasteiger partial charge is 0.337 e. The molecular weight excluding hydrogens is 466 g/mol. The molecule has 3 aliphatic rings. The van der Waals surface area contributed by atoms with Crippen LogP contribution in [0, 0.1) is 0 Å². The van der Waals surface area contributed by atoms with E-state index in [2.05, 4.69) is 17.4 Å². The second kappa shape index (κ2) is 10.8. The number of hydrogen-bond donors (Lipinski definition) is 1. The second-order valence-corrected chi connectivity index (χ2v) is 10.2. The Morgan fingerprint density at radius 1 is 0.946 bits per heavy atom. The second-order valence-electron chi connectivity index (χ2n) is 10.2. The quantitative estimate of drug-likeness (QED) is 0.494. The molecule has 1 fully saturated rings. The van der Waals surface area contributed by atoms with Crippen molar-refractivity contribution in [1.29, 1.82) is 0 Å². The van der Waals surface area contributed by atoms with E-state index in [1.807, 2.05) is 43.3 Å². The molecule has 6 heteroatoms. The van der Waals surface area contributed by atoms with Crippen molar-refractivity contribution in [1.82, 2.24) is 5.32 Å². The van der Waals surface area contributed by atoms with E-state index < -0.39 is 5.92 Å². The Morgan fingerprint density at radius 3 is 2.41 bits per heavy atom. The van der Waals surface area contributed by atoms with Crippen LogP contribution in [0.3, 0.4) is 0 Å². The van der Waals surface area contributed by atoms with E-state index in [9.17, 15) is 9.59 Å². The lowest BCUT2D eigenvalue weighted by molar-refractivity contribution is -0.146. The van der Waals surface area contributed by atoms with Crippen LogP contribution in [0.4, 0.5) is 0 Å². The molecule has 2 aromatic carbocycles. The fraction of sp³-hybridized carbons (Fsp3) is 0.419. The van der Waals surface area contributed by atoms with Crippen LogP contribution in [0.1, 0.15) is 74.8 Å². The molecule has 2 atom stereocenters. The van der Waals surface area contributed by atoms with Gasteiger partial charge in [-0.25, -0.2) is 4.79 Å². The van der Waals surface area contributed by atoms with Gasteiger partial charge in [0.15, 0.2) is 5.78 Å². The molecule has 1 heterocycles. The number of methoxy groups -OCH3 is 2. The zero-order valence-electron chi connectivity index (χ0n) is 21.8. The summed E-state index contributed by atoms with van der Waals surface area (Å²) < 4.78 is 17.3. The maximum Gasteiger partial charge on any atom is 0.337 e. The number of ether oxygens (including phenoxy) is 3. The number of esters is 1. The number of Topliss-reactive ketones (excluding diaryl/α,β-unsaturated/α-hetero) is 1. The summed E-state index contributed by atoms with van der Waals surface area (Å²) in [6.45, 7) is 1.90. The minimum absolute atomic E-state index is 0.0351. The first kappa shape index (κ1) is 25.1. The van der Waals surface area contributed by atoms with Gasteiger partial charge in [0.1, 0.15) is 17.6 Å². The molecule has 2 aromatic rings. The van der Waals surface area contributed by atoms with E-state index in [4.69, 9.17) is 14.2 Å². The fourth-order valence-corrected chi connectivity index (χ4v) is 6.04. The molecule has 0 unspecified atom stereocenters. The van der Waals surface area contributed by atoms with E-state index in [1.165, 1.54) is 6.42 Å². The lowest BCUT2D eigenvalue weighted by Crippen LogP contribution is -2.37. The third-order valence-corrected chi connectivity index (χ3v) is 7.89. The number of carbonyl (C=O) groups excluding carboxylic acids is 2. The number of dihydropyridines is 1. The standard InChI is InChI=1S/C31H35NO5/c1-19-28(31(34)37-22-12-8-5-9-13-22)29(24-18-23(35-2)14-15-27(24)36-3)30-25(32-19)16-21(17-26(30)33)20-10-6-4-7-11-20/h4,6-7,10-11,14-15,18,21-22,29,32H,5,8-9,12-13,16-17H2,1-3H3/t21-,29-/m1/s1. The Balaban J connectivity index is 1.59. The summed E-state index contributed by atoms with van der Waals surface area (Å²) in [5.74, 6) is 0.398. The Morgan fingerprint density at radius 2 is 1.70 bits per heavy atom. The maximum atomic E-state index is 13.9. The highest BCUT2D eigenvalue weighted by molar-refractivity contribution is 6.04. The number of hydrogen-bond acceptors (Lipinski definition) is 6. The molecule has 2 aliphatic carbocycles. The van der Waals surface area contributed by atoms with Crippen molar-refractivity contribution in [2.45, 2.75) is 69.8 Å². The Bertz CT molecular complexity index is 1240. The highest BCUT2D eigenvalue weighted by atomic mass is 16.5. The number of allylic oxidation sites excluding steroid dienone is 3. The van der Waals surface area contributed by atoms with Crippen LogP contribution in [0.2, 0.25) is 0 Å². The molecule has 0 radical (unpaired) electrons. The molecule has 37 heavy (non-hydrogen) atoms. The van der Waals surface area contributed by atoms with Crippen molar-refractivity contribution in [2.24, 2.45) is 0 Å². The van der Waals surface area contributed by atoms with Gasteiger partial charge in [-0.05, 0) is 68.7 Å². The summed E-state index contributed by atoms with van der Waals surface area (Å²) in [4.78, 5) is 27.6. The van der Waals surface area contributed by atoms with Crippen molar-refractivity contribution >= 4 is 11.8 Å². The van der Waals surface area contributed by atoms with Crippen molar-refractivity contribution in [3.63, 3.8) is 0 Å². The maximum absolute atomic E-state index is 13.9. The first-order chi connectivity index (χ1) is 18.0. The normalized spacial score (nSPS) is 22.3. The van der Waals surface area contributed by atoms with E-state index >= 15 is 0 Å². The van der Waals surface area contributed by atoms with E-state index in [0.717, 1.165) is 48.2 Å². The zero-order chi connectivity index (χ0) is 25.9. The topological polar surface area (TPSA) is 73.9 Å². The third kappa shape index (κ3) is 5.02. The van der Waals surface area contributed by atoms with Crippen LogP contribution in [0.15, 0.2) is 71.1 Å². The van der Waals surface area contributed by atoms with Crippen LogP contribution in [-0.4, -0.2) is 32.1 Å². The Labute approximate surface area is 218 Å². The van der Waals surface area contributed by atoms with Crippen molar-refractivity contribution < 1.29 is 23.8 Å². The van der Waals surface area contributed by atoms with Gasteiger partial charge in [-0.15, -0.1) is 0 Å². The van der Waals surface area contributed by atoms with Gasteiger partial charge < -0.3 is 19.5 Å². The van der Waals surface area contributed by atoms with Gasteiger partial charge in [-0.3, -0.25) is 4.79 Å². The lowest BCUT2D eigenvalue weighted by atomic mass is 9.71. The monoisotopic (exact) mass is 501 g/mol. The van der Waals surface area contributed by atoms with Gasteiger partial charge in [-0.2, -0.15) is 0 Å². The molecule has 1 N–H and O–H groups in total. The number of nitrogens with one attached hydrogen (secondary N) is 1. The van der Waals surface area contributed by atoms with E-state index in [-0.39, 0.29) is 23.8 Å². The molecule has 6 nitrogen and oxygen atoms in total. The summed E-state index contributed by atoms with van der Waals surface area (Å²) >= 11 is 0. The van der Waals surface area contributed by atoms with E-state index in [0.29, 0.717) is 35.5 Å². The first-order valence-corrected chi connectivity index (χ1v) is 13.2. The van der Waals surface area contributed by atoms with Gasteiger partial charge >= 0.3 is 5.97 Å². The van der Waals surface area contributed by atoms with E-state index in [1.54, 1.807) is 14.2 Å². The predicted molar refractivity (Wildman–Crippen MR) is 142 cm³/mol. The largest absolute Gasteiger partial charge is 0.497 e. The van der Waals surface area contributed by atoms with Crippen LogP contribution in [-0.2, 0) is 14.3 Å². The van der Waals surface area contributed by atoms with Crippen LogP contribution < -0.4 is 14.8 Å². The minimum atomic E-state index is -0.596. The van der Waals surface area contributed by atoms with Crippen LogP contribution in [0.25, 0.3) is 0 Å². The van der Waals surface area contributed by atoms with Gasteiger partial charge in [0.05, 0.1) is 25.7 Å². The number of rotatable bonds is 6. The molecule has 0 saturated heterocycles. The lowest BCUT2D eigenvalue weighted by Gasteiger charge is -2.37. The van der Waals surface area contributed by atoms with Crippen molar-refractivity contribution in [3.05, 3.63) is 82.2 Å². The minimum Gasteiger partial charge on any atom is -0.497 e. The predicted octanol–water partition coefficient (Wildman–Crippen LogP) is 5.94. The van der Waals surface area contributed by atoms with Crippen molar-refractivity contribution in [2.75, 3.05) is 14.2 Å². The average Bonchev–Trinajstić information content (AvgIpc) is 2.92. The summed E-state index contributed by atoms with van der Waals surface area (Å²) in [7, 11) is 3.21. The third-order valence-electron chi connectivity index (χ3n) is 7.89. The molecule has 0 amide bonds. The molecular formula is C31H35NO5.